The molecule has 0 atom stereocenters. The molecule has 0 amide bonds. The summed E-state index contributed by atoms with van der Waals surface area (Å²) in [6.45, 7) is 3.89. The highest BCUT2D eigenvalue weighted by Crippen LogP contribution is 2.20. The van der Waals surface area contributed by atoms with E-state index in [-0.39, 0.29) is 0 Å². The lowest BCUT2D eigenvalue weighted by Gasteiger charge is -2.32. The maximum Gasteiger partial charge on any atom is 0.225 e. The number of hydrogen-bond donors (Lipinski definition) is 0. The van der Waals surface area contributed by atoms with Crippen molar-refractivity contribution in [3.63, 3.8) is 0 Å². The van der Waals surface area contributed by atoms with Crippen molar-refractivity contribution in [2.45, 2.75) is 25.9 Å². The van der Waals surface area contributed by atoms with Gasteiger partial charge >= 0.3 is 0 Å². The average molecular weight is 269 g/mol. The number of anilines is 1. The normalized spacial score (nSPS) is 16.1. The van der Waals surface area contributed by atoms with E-state index in [0.717, 1.165) is 43.3 Å². The van der Waals surface area contributed by atoms with Crippen molar-refractivity contribution in [3.8, 4) is 5.75 Å². The molecule has 104 valence electrons. The third-order valence-corrected chi connectivity index (χ3v) is 3.55. The lowest BCUT2D eigenvalue weighted by molar-refractivity contribution is 0.170. The zero-order valence-electron chi connectivity index (χ0n) is 11.7. The highest BCUT2D eigenvalue weighted by molar-refractivity contribution is 5.31. The average Bonchev–Trinajstić information content (AvgIpc) is 2.49. The van der Waals surface area contributed by atoms with Gasteiger partial charge in [-0.2, -0.15) is 0 Å². The topological polar surface area (TPSA) is 38.2 Å². The molecule has 0 bridgehead atoms. The van der Waals surface area contributed by atoms with Crippen LogP contribution in [0.1, 0.15) is 18.5 Å². The zero-order chi connectivity index (χ0) is 13.8. The molecular formula is C16H19N3O. The van der Waals surface area contributed by atoms with Gasteiger partial charge < -0.3 is 9.64 Å². The fraction of sp³-hybridized carbons (Fsp3) is 0.375. The Labute approximate surface area is 119 Å². The maximum absolute atomic E-state index is 6.00. The van der Waals surface area contributed by atoms with E-state index in [2.05, 4.69) is 14.9 Å². The molecule has 4 heteroatoms. The second-order valence-electron chi connectivity index (χ2n) is 5.12. The molecule has 3 rings (SSSR count). The van der Waals surface area contributed by atoms with Crippen LogP contribution in [0, 0.1) is 6.92 Å². The van der Waals surface area contributed by atoms with Crippen LogP contribution < -0.4 is 9.64 Å². The second-order valence-corrected chi connectivity index (χ2v) is 5.12. The van der Waals surface area contributed by atoms with Crippen molar-refractivity contribution in [1.29, 1.82) is 0 Å². The van der Waals surface area contributed by atoms with Crippen molar-refractivity contribution in [3.05, 3.63) is 48.3 Å². The molecule has 1 aliphatic heterocycles. The second kappa shape index (κ2) is 5.90. The fourth-order valence-corrected chi connectivity index (χ4v) is 2.45. The summed E-state index contributed by atoms with van der Waals surface area (Å²) < 4.78 is 6.00. The van der Waals surface area contributed by atoms with Gasteiger partial charge in [0.25, 0.3) is 0 Å². The monoisotopic (exact) mass is 269 g/mol. The largest absolute Gasteiger partial charge is 0.490 e. The summed E-state index contributed by atoms with van der Waals surface area (Å²) in [6, 6.07) is 12.0. The molecule has 0 unspecified atom stereocenters. The van der Waals surface area contributed by atoms with Gasteiger partial charge in [0, 0.05) is 37.8 Å². The van der Waals surface area contributed by atoms with Crippen LogP contribution in [0.3, 0.4) is 0 Å². The molecular weight excluding hydrogens is 250 g/mol. The van der Waals surface area contributed by atoms with Crippen LogP contribution in [-0.2, 0) is 0 Å². The zero-order valence-corrected chi connectivity index (χ0v) is 11.7. The van der Waals surface area contributed by atoms with Crippen LogP contribution in [0.25, 0.3) is 0 Å². The summed E-state index contributed by atoms with van der Waals surface area (Å²) in [4.78, 5) is 11.1. The van der Waals surface area contributed by atoms with Crippen LogP contribution in [0.5, 0.6) is 5.75 Å². The number of aromatic nitrogens is 2. The minimum atomic E-state index is 0.290. The van der Waals surface area contributed by atoms with Gasteiger partial charge in [-0.1, -0.05) is 18.2 Å². The van der Waals surface area contributed by atoms with Gasteiger partial charge in [-0.05, 0) is 25.1 Å². The molecule has 0 radical (unpaired) electrons. The van der Waals surface area contributed by atoms with E-state index in [0.29, 0.717) is 6.10 Å². The lowest BCUT2D eigenvalue weighted by Crippen LogP contribution is -2.39. The van der Waals surface area contributed by atoms with Crippen molar-refractivity contribution in [2.75, 3.05) is 18.0 Å². The Morgan fingerprint density at radius 1 is 1.10 bits per heavy atom. The number of rotatable bonds is 3. The van der Waals surface area contributed by atoms with Gasteiger partial charge in [-0.25, -0.2) is 9.97 Å². The molecule has 0 saturated carbocycles. The molecule has 1 aliphatic rings. The van der Waals surface area contributed by atoms with Gasteiger partial charge in [0.15, 0.2) is 0 Å². The van der Waals surface area contributed by atoms with E-state index in [4.69, 9.17) is 4.74 Å². The van der Waals surface area contributed by atoms with Crippen molar-refractivity contribution < 1.29 is 4.74 Å². The summed E-state index contributed by atoms with van der Waals surface area (Å²) in [5.74, 6) is 1.79. The van der Waals surface area contributed by atoms with Crippen molar-refractivity contribution in [2.24, 2.45) is 0 Å². The van der Waals surface area contributed by atoms with Crippen molar-refractivity contribution >= 4 is 5.95 Å². The van der Waals surface area contributed by atoms with Crippen LogP contribution >= 0.6 is 0 Å². The minimum absolute atomic E-state index is 0.290. The third kappa shape index (κ3) is 3.07. The quantitative estimate of drug-likeness (QED) is 0.859. The minimum Gasteiger partial charge on any atom is -0.490 e. The summed E-state index contributed by atoms with van der Waals surface area (Å²) in [5.41, 5.74) is 1.01. The van der Waals surface area contributed by atoms with E-state index in [9.17, 15) is 0 Å². The Morgan fingerprint density at radius 2 is 1.85 bits per heavy atom. The van der Waals surface area contributed by atoms with Gasteiger partial charge in [0.05, 0.1) is 0 Å². The van der Waals surface area contributed by atoms with Crippen molar-refractivity contribution in [1.82, 2.24) is 9.97 Å². The molecule has 4 nitrogen and oxygen atoms in total. The molecule has 1 saturated heterocycles. The first-order chi connectivity index (χ1) is 9.81. The standard InChI is InChI=1S/C16H19N3O/c1-13-7-10-17-16(18-13)19-11-8-15(9-12-19)20-14-5-3-2-4-6-14/h2-7,10,15H,8-9,11-12H2,1H3. The Bertz CT molecular complexity index is 551. The molecule has 20 heavy (non-hydrogen) atoms. The number of para-hydroxylation sites is 1. The van der Waals surface area contributed by atoms with E-state index in [1.807, 2.05) is 49.5 Å². The van der Waals surface area contributed by atoms with Gasteiger partial charge in [0.2, 0.25) is 5.95 Å². The summed E-state index contributed by atoms with van der Waals surface area (Å²) in [6.07, 6.45) is 4.13. The van der Waals surface area contributed by atoms with Gasteiger partial charge in [-0.3, -0.25) is 0 Å². The third-order valence-electron chi connectivity index (χ3n) is 3.55. The highest BCUT2D eigenvalue weighted by Gasteiger charge is 2.22. The number of ether oxygens (including phenoxy) is 1. The SMILES string of the molecule is Cc1ccnc(N2CCC(Oc3ccccc3)CC2)n1. The first kappa shape index (κ1) is 12.9. The number of nitrogens with zero attached hydrogens (tertiary/aromatic N) is 3. The Balaban J connectivity index is 1.57. The Kier molecular flexibility index (Phi) is 3.81. The molecule has 0 spiro atoms. The van der Waals surface area contributed by atoms with Crippen LogP contribution in [0.15, 0.2) is 42.6 Å². The molecule has 1 fully saturated rings. The number of piperidine rings is 1. The smallest absolute Gasteiger partial charge is 0.225 e. The van der Waals surface area contributed by atoms with E-state index < -0.39 is 0 Å². The highest BCUT2D eigenvalue weighted by atomic mass is 16.5. The van der Waals surface area contributed by atoms with Crippen LogP contribution in [-0.4, -0.2) is 29.2 Å². The molecule has 2 aromatic rings. The number of hydrogen-bond acceptors (Lipinski definition) is 4. The summed E-state index contributed by atoms with van der Waals surface area (Å²) >= 11 is 0. The van der Waals surface area contributed by atoms with Gasteiger partial charge in [0.1, 0.15) is 11.9 Å². The molecule has 1 aromatic carbocycles. The fourth-order valence-electron chi connectivity index (χ4n) is 2.45. The van der Waals surface area contributed by atoms with Crippen LogP contribution in [0.4, 0.5) is 5.95 Å². The summed E-state index contributed by atoms with van der Waals surface area (Å²) in [5, 5.41) is 0. The first-order valence-electron chi connectivity index (χ1n) is 7.07. The number of benzene rings is 1. The number of aryl methyl sites for hydroxylation is 1. The molecule has 2 heterocycles. The van der Waals surface area contributed by atoms with E-state index in [1.165, 1.54) is 0 Å². The molecule has 0 N–H and O–H groups in total. The first-order valence-corrected chi connectivity index (χ1v) is 7.07. The Morgan fingerprint density at radius 3 is 2.55 bits per heavy atom. The predicted octanol–water partition coefficient (Wildman–Crippen LogP) is 2.83. The summed E-state index contributed by atoms with van der Waals surface area (Å²) in [7, 11) is 0. The lowest BCUT2D eigenvalue weighted by atomic mass is 10.1. The van der Waals surface area contributed by atoms with E-state index >= 15 is 0 Å². The maximum atomic E-state index is 6.00. The predicted molar refractivity (Wildman–Crippen MR) is 79.1 cm³/mol. The van der Waals surface area contributed by atoms with Crippen LogP contribution in [0.2, 0.25) is 0 Å². The van der Waals surface area contributed by atoms with E-state index in [1.54, 1.807) is 0 Å². The molecule has 1 aromatic heterocycles. The molecule has 0 aliphatic carbocycles. The Hall–Kier alpha value is -2.10. The van der Waals surface area contributed by atoms with Gasteiger partial charge in [-0.15, -0.1) is 0 Å².